The minimum atomic E-state index is -0.491. The fraction of sp³-hybridized carbons (Fsp3) is 0.200. The molecule has 0 atom stereocenters. The summed E-state index contributed by atoms with van der Waals surface area (Å²) < 4.78 is 18.7. The smallest absolute Gasteiger partial charge is 0.170 e. The maximum atomic E-state index is 13.6. The number of hydrogen-bond acceptors (Lipinski definition) is 3. The molecule has 0 amide bonds. The van der Waals surface area contributed by atoms with Crippen molar-refractivity contribution in [3.8, 4) is 11.5 Å². The molecule has 15 heavy (non-hydrogen) atoms. The second kappa shape index (κ2) is 5.14. The Balaban J connectivity index is 3.36. The van der Waals surface area contributed by atoms with E-state index in [4.69, 9.17) is 10.5 Å². The zero-order valence-electron chi connectivity index (χ0n) is 8.13. The van der Waals surface area contributed by atoms with Crippen LogP contribution in [0, 0.1) is 5.82 Å². The number of phenolic OH excluding ortho intramolecular Hbond substituents is 1. The number of aromatic hydroxyl groups is 1. The first-order valence-electron chi connectivity index (χ1n) is 4.23. The topological polar surface area (TPSA) is 55.5 Å². The lowest BCUT2D eigenvalue weighted by Gasteiger charge is -2.09. The summed E-state index contributed by atoms with van der Waals surface area (Å²) in [6.45, 7) is 0.288. The average molecular weight is 276 g/mol. The SMILES string of the molecule is COc1c(O)cc(Br)c(F)c1/C=C/CN. The van der Waals surface area contributed by atoms with Crippen molar-refractivity contribution >= 4 is 22.0 Å². The van der Waals surface area contributed by atoms with E-state index < -0.39 is 5.82 Å². The number of hydrogen-bond donors (Lipinski definition) is 2. The third-order valence-electron chi connectivity index (χ3n) is 1.81. The van der Waals surface area contributed by atoms with Crippen LogP contribution in [-0.4, -0.2) is 18.8 Å². The first kappa shape index (κ1) is 12.0. The van der Waals surface area contributed by atoms with Crippen molar-refractivity contribution in [1.82, 2.24) is 0 Å². The number of benzene rings is 1. The van der Waals surface area contributed by atoms with Gasteiger partial charge in [0.25, 0.3) is 0 Å². The molecule has 1 rings (SSSR count). The van der Waals surface area contributed by atoms with Crippen LogP contribution < -0.4 is 10.5 Å². The molecule has 3 N–H and O–H groups in total. The third kappa shape index (κ3) is 2.49. The van der Waals surface area contributed by atoms with E-state index in [1.54, 1.807) is 6.08 Å². The van der Waals surface area contributed by atoms with Crippen LogP contribution in [0.4, 0.5) is 4.39 Å². The number of ether oxygens (including phenoxy) is 1. The maximum Gasteiger partial charge on any atom is 0.170 e. The van der Waals surface area contributed by atoms with Gasteiger partial charge in [-0.2, -0.15) is 0 Å². The van der Waals surface area contributed by atoms with Gasteiger partial charge in [0.05, 0.1) is 17.1 Å². The van der Waals surface area contributed by atoms with Gasteiger partial charge >= 0.3 is 0 Å². The fourth-order valence-corrected chi connectivity index (χ4v) is 1.59. The number of methoxy groups -OCH3 is 1. The Morgan fingerprint density at radius 2 is 2.33 bits per heavy atom. The summed E-state index contributed by atoms with van der Waals surface area (Å²) >= 11 is 3.00. The van der Waals surface area contributed by atoms with E-state index in [2.05, 4.69) is 15.9 Å². The van der Waals surface area contributed by atoms with Gasteiger partial charge in [0, 0.05) is 12.6 Å². The molecule has 0 unspecified atom stereocenters. The van der Waals surface area contributed by atoms with Gasteiger partial charge in [0.15, 0.2) is 11.5 Å². The lowest BCUT2D eigenvalue weighted by molar-refractivity contribution is 0.368. The van der Waals surface area contributed by atoms with Crippen LogP contribution in [0.5, 0.6) is 11.5 Å². The van der Waals surface area contributed by atoms with Gasteiger partial charge in [-0.05, 0) is 15.9 Å². The second-order valence-corrected chi connectivity index (χ2v) is 3.63. The predicted octanol–water partition coefficient (Wildman–Crippen LogP) is 2.27. The van der Waals surface area contributed by atoms with Gasteiger partial charge in [-0.15, -0.1) is 0 Å². The lowest BCUT2D eigenvalue weighted by atomic mass is 10.1. The van der Waals surface area contributed by atoms with Crippen molar-refractivity contribution in [2.24, 2.45) is 5.73 Å². The molecule has 0 saturated carbocycles. The first-order valence-corrected chi connectivity index (χ1v) is 5.02. The van der Waals surface area contributed by atoms with Crippen LogP contribution in [0.1, 0.15) is 5.56 Å². The largest absolute Gasteiger partial charge is 0.504 e. The van der Waals surface area contributed by atoms with Crippen molar-refractivity contribution in [3.05, 3.63) is 28.0 Å². The molecule has 0 heterocycles. The average Bonchev–Trinajstić information content (AvgIpc) is 2.21. The molecule has 0 bridgehead atoms. The number of nitrogens with two attached hydrogens (primary N) is 1. The van der Waals surface area contributed by atoms with E-state index in [1.807, 2.05) is 0 Å². The van der Waals surface area contributed by atoms with Gasteiger partial charge in [-0.1, -0.05) is 12.2 Å². The summed E-state index contributed by atoms with van der Waals surface area (Å²) in [4.78, 5) is 0. The van der Waals surface area contributed by atoms with Crippen LogP contribution in [0.2, 0.25) is 0 Å². The predicted molar refractivity (Wildman–Crippen MR) is 60.4 cm³/mol. The minimum Gasteiger partial charge on any atom is -0.504 e. The van der Waals surface area contributed by atoms with Crippen molar-refractivity contribution in [3.63, 3.8) is 0 Å². The Morgan fingerprint density at radius 3 is 2.87 bits per heavy atom. The van der Waals surface area contributed by atoms with Crippen LogP contribution in [0.15, 0.2) is 16.6 Å². The minimum absolute atomic E-state index is 0.0976. The van der Waals surface area contributed by atoms with Gasteiger partial charge in [-0.25, -0.2) is 4.39 Å². The van der Waals surface area contributed by atoms with E-state index in [0.717, 1.165) is 0 Å². The van der Waals surface area contributed by atoms with Crippen LogP contribution in [0.3, 0.4) is 0 Å². The molecule has 0 radical (unpaired) electrons. The van der Waals surface area contributed by atoms with Gasteiger partial charge < -0.3 is 15.6 Å². The standard InChI is InChI=1S/C10H11BrFNO2/c1-15-10-6(3-2-4-13)9(12)7(11)5-8(10)14/h2-3,5,14H,4,13H2,1H3/b3-2+. The van der Waals surface area contributed by atoms with Gasteiger partial charge in [-0.3, -0.25) is 0 Å². The zero-order valence-corrected chi connectivity index (χ0v) is 9.71. The zero-order chi connectivity index (χ0) is 11.4. The molecular weight excluding hydrogens is 265 g/mol. The number of phenols is 1. The van der Waals surface area contributed by atoms with E-state index in [9.17, 15) is 9.50 Å². The lowest BCUT2D eigenvalue weighted by Crippen LogP contribution is -1.95. The maximum absolute atomic E-state index is 13.6. The monoisotopic (exact) mass is 275 g/mol. The van der Waals surface area contributed by atoms with Crippen LogP contribution in [-0.2, 0) is 0 Å². The quantitative estimate of drug-likeness (QED) is 0.890. The van der Waals surface area contributed by atoms with Crippen molar-refractivity contribution in [1.29, 1.82) is 0 Å². The third-order valence-corrected chi connectivity index (χ3v) is 2.39. The molecular formula is C10H11BrFNO2. The molecule has 1 aromatic carbocycles. The van der Waals surface area contributed by atoms with Gasteiger partial charge in [0.1, 0.15) is 5.82 Å². The Bertz CT molecular complexity index is 393. The number of rotatable bonds is 3. The summed E-state index contributed by atoms with van der Waals surface area (Å²) in [5.41, 5.74) is 5.45. The Hall–Kier alpha value is -1.07. The molecule has 1 aromatic rings. The number of halogens is 2. The van der Waals surface area contributed by atoms with Crippen LogP contribution >= 0.6 is 15.9 Å². The molecule has 3 nitrogen and oxygen atoms in total. The van der Waals surface area contributed by atoms with Crippen molar-refractivity contribution < 1.29 is 14.2 Å². The van der Waals surface area contributed by atoms with Crippen LogP contribution in [0.25, 0.3) is 6.08 Å². The Morgan fingerprint density at radius 1 is 1.67 bits per heavy atom. The van der Waals surface area contributed by atoms with Crippen molar-refractivity contribution in [2.75, 3.05) is 13.7 Å². The fourth-order valence-electron chi connectivity index (χ4n) is 1.16. The summed E-state index contributed by atoms with van der Waals surface area (Å²) in [5, 5.41) is 9.51. The highest BCUT2D eigenvalue weighted by Crippen LogP contribution is 2.37. The van der Waals surface area contributed by atoms with E-state index in [1.165, 1.54) is 19.3 Å². The molecule has 0 aliphatic rings. The summed E-state index contributed by atoms with van der Waals surface area (Å²) in [7, 11) is 1.36. The molecule has 0 fully saturated rings. The first-order chi connectivity index (χ1) is 7.11. The molecule has 0 spiro atoms. The van der Waals surface area contributed by atoms with Crippen molar-refractivity contribution in [2.45, 2.75) is 0 Å². The molecule has 0 aliphatic carbocycles. The van der Waals surface area contributed by atoms with E-state index in [-0.39, 0.29) is 28.1 Å². The highest BCUT2D eigenvalue weighted by atomic mass is 79.9. The summed E-state index contributed by atoms with van der Waals surface area (Å²) in [6.07, 6.45) is 3.05. The summed E-state index contributed by atoms with van der Waals surface area (Å²) in [5.74, 6) is -0.516. The van der Waals surface area contributed by atoms with Gasteiger partial charge in [0.2, 0.25) is 0 Å². The molecule has 82 valence electrons. The normalized spacial score (nSPS) is 10.9. The molecule has 0 aromatic heterocycles. The summed E-state index contributed by atoms with van der Waals surface area (Å²) in [6, 6.07) is 1.24. The van der Waals surface area contributed by atoms with E-state index >= 15 is 0 Å². The Kier molecular flexibility index (Phi) is 4.11. The molecule has 0 aliphatic heterocycles. The molecule has 5 heteroatoms. The highest BCUT2D eigenvalue weighted by molar-refractivity contribution is 9.10. The Labute approximate surface area is 95.5 Å². The highest BCUT2D eigenvalue weighted by Gasteiger charge is 2.15. The second-order valence-electron chi connectivity index (χ2n) is 2.78. The molecule has 0 saturated heterocycles. The van der Waals surface area contributed by atoms with E-state index in [0.29, 0.717) is 0 Å².